The van der Waals surface area contributed by atoms with E-state index >= 15 is 9.59 Å². The molecule has 1 fully saturated rings. The molecular weight excluding hydrogens is 746 g/mol. The predicted octanol–water partition coefficient (Wildman–Crippen LogP) is 8.84. The van der Waals surface area contributed by atoms with E-state index in [2.05, 4.69) is 25.9 Å². The molecule has 3 aliphatic carbocycles. The molecule has 0 spiro atoms. The lowest BCUT2D eigenvalue weighted by Gasteiger charge is -2.55. The fourth-order valence-corrected chi connectivity index (χ4v) is 10.1. The Morgan fingerprint density at radius 1 is 0.929 bits per heavy atom. The number of aliphatic hydroxyl groups excluding tert-OH is 1. The SMILES string of the molecule is CN(C)Cc1cc(OCc2ccccc2)c2c(c1Cl)C[C@H]1C[C@H]3[C@H](N(C)C)c4onc(OCc5ccccc5)c4C(=O)[C@@]3(O[Si](C)(C)C(C)(C)C)C(=O)C1=C2O. The summed E-state index contributed by atoms with van der Waals surface area (Å²) in [5, 5.41) is 17.0. The normalized spacial score (nSPS) is 22.2. The molecular formula is C44H52ClN3O7Si. The van der Waals surface area contributed by atoms with Gasteiger partial charge in [0.2, 0.25) is 11.6 Å². The number of hydrogen-bond acceptors (Lipinski definition) is 10. The first kappa shape index (κ1) is 40.0. The Bertz CT molecular complexity index is 2180. The van der Waals surface area contributed by atoms with Crippen molar-refractivity contribution in [3.05, 3.63) is 116 Å². The van der Waals surface area contributed by atoms with Crippen LogP contribution in [0.1, 0.15) is 77.2 Å². The molecule has 3 aliphatic rings. The third kappa shape index (κ3) is 6.81. The molecule has 4 aromatic rings. The van der Waals surface area contributed by atoms with E-state index in [4.69, 9.17) is 30.0 Å². The van der Waals surface area contributed by atoms with Gasteiger partial charge in [-0.1, -0.05) is 93.0 Å². The smallest absolute Gasteiger partial charge is 0.265 e. The monoisotopic (exact) mass is 797 g/mol. The highest BCUT2D eigenvalue weighted by Gasteiger charge is 2.69. The zero-order valence-corrected chi connectivity index (χ0v) is 35.5. The minimum absolute atomic E-state index is 0.0104. The number of halogens is 1. The van der Waals surface area contributed by atoms with Crippen LogP contribution in [0, 0.1) is 11.8 Å². The van der Waals surface area contributed by atoms with Gasteiger partial charge in [-0.05, 0) is 98.6 Å². The Kier molecular flexibility index (Phi) is 10.6. The molecule has 0 saturated heterocycles. The Morgan fingerprint density at radius 3 is 2.11 bits per heavy atom. The van der Waals surface area contributed by atoms with Crippen molar-refractivity contribution >= 4 is 37.2 Å². The predicted molar refractivity (Wildman–Crippen MR) is 219 cm³/mol. The van der Waals surface area contributed by atoms with Crippen molar-refractivity contribution in [3.63, 3.8) is 0 Å². The second kappa shape index (κ2) is 14.9. The molecule has 10 nitrogen and oxygen atoms in total. The summed E-state index contributed by atoms with van der Waals surface area (Å²) in [6.45, 7) is 11.2. The summed E-state index contributed by atoms with van der Waals surface area (Å²) in [7, 11) is 4.84. The summed E-state index contributed by atoms with van der Waals surface area (Å²) in [6, 6.07) is 20.6. The number of Topliss-reactive ketones (excluding diaryl/α,β-unsaturated/α-hetero) is 2. The van der Waals surface area contributed by atoms with Gasteiger partial charge >= 0.3 is 0 Å². The van der Waals surface area contributed by atoms with Crippen LogP contribution in [-0.2, 0) is 35.4 Å². The summed E-state index contributed by atoms with van der Waals surface area (Å²) in [6.07, 6.45) is 0.695. The van der Waals surface area contributed by atoms with Crippen LogP contribution in [0.5, 0.6) is 11.6 Å². The topological polar surface area (TPSA) is 115 Å². The van der Waals surface area contributed by atoms with E-state index < -0.39 is 43.4 Å². The average molecular weight is 798 g/mol. The Balaban J connectivity index is 1.42. The van der Waals surface area contributed by atoms with Crippen LogP contribution in [-0.4, -0.2) is 73.7 Å². The van der Waals surface area contributed by atoms with Crippen LogP contribution >= 0.6 is 11.6 Å². The van der Waals surface area contributed by atoms with Crippen molar-refractivity contribution in [1.29, 1.82) is 0 Å². The van der Waals surface area contributed by atoms with Crippen LogP contribution in [0.25, 0.3) is 5.76 Å². The summed E-state index contributed by atoms with van der Waals surface area (Å²) in [5.74, 6) is -1.73. The Labute approximate surface area is 335 Å². The molecule has 0 unspecified atom stereocenters. The molecule has 0 bridgehead atoms. The maximum Gasteiger partial charge on any atom is 0.265 e. The number of carbonyl (C=O) groups excluding carboxylic acids is 2. The molecule has 1 heterocycles. The zero-order valence-electron chi connectivity index (χ0n) is 33.7. The van der Waals surface area contributed by atoms with Gasteiger partial charge in [-0.25, -0.2) is 0 Å². The number of fused-ring (bicyclic) bond motifs is 4. The number of rotatable bonds is 11. The third-order valence-corrected chi connectivity index (χ3v) is 16.9. The van der Waals surface area contributed by atoms with Crippen molar-refractivity contribution in [1.82, 2.24) is 15.0 Å². The Morgan fingerprint density at radius 2 is 1.54 bits per heavy atom. The highest BCUT2D eigenvalue weighted by molar-refractivity contribution is 6.74. The molecule has 0 aliphatic heterocycles. The Hall–Kier alpha value is -4.26. The molecule has 296 valence electrons. The third-order valence-electron chi connectivity index (χ3n) is 12.0. The van der Waals surface area contributed by atoms with Gasteiger partial charge in [-0.3, -0.25) is 14.5 Å². The van der Waals surface area contributed by atoms with E-state index in [1.165, 1.54) is 0 Å². The molecule has 7 rings (SSSR count). The molecule has 0 radical (unpaired) electrons. The van der Waals surface area contributed by atoms with Crippen molar-refractivity contribution in [3.8, 4) is 11.6 Å². The lowest BCUT2D eigenvalue weighted by atomic mass is 9.57. The molecule has 1 N–H and O–H groups in total. The quantitative estimate of drug-likeness (QED) is 0.117. The van der Waals surface area contributed by atoms with E-state index in [1.807, 2.05) is 118 Å². The number of nitrogens with zero attached hydrogens (tertiary/aromatic N) is 3. The first-order valence-corrected chi connectivity index (χ1v) is 22.5. The number of benzene rings is 3. The average Bonchev–Trinajstić information content (AvgIpc) is 3.56. The van der Waals surface area contributed by atoms with Crippen molar-refractivity contribution < 1.29 is 33.1 Å². The molecule has 56 heavy (non-hydrogen) atoms. The number of aliphatic hydroxyl groups is 1. The van der Waals surface area contributed by atoms with Gasteiger partial charge in [0.05, 0.1) is 11.6 Å². The minimum Gasteiger partial charge on any atom is -0.507 e. The van der Waals surface area contributed by atoms with Gasteiger partial charge in [-0.15, -0.1) is 0 Å². The zero-order chi connectivity index (χ0) is 40.3. The fourth-order valence-electron chi connectivity index (χ4n) is 8.35. The van der Waals surface area contributed by atoms with E-state index in [0.717, 1.165) is 16.7 Å². The minimum atomic E-state index is -2.90. The van der Waals surface area contributed by atoms with Crippen LogP contribution in [0.15, 0.2) is 76.8 Å². The number of aromatic nitrogens is 1. The van der Waals surface area contributed by atoms with Gasteiger partial charge in [-0.2, -0.15) is 0 Å². The van der Waals surface area contributed by atoms with Gasteiger partial charge < -0.3 is 28.4 Å². The highest BCUT2D eigenvalue weighted by atomic mass is 35.5. The molecule has 1 aromatic heterocycles. The van der Waals surface area contributed by atoms with E-state index in [0.29, 0.717) is 47.0 Å². The van der Waals surface area contributed by atoms with E-state index in [-0.39, 0.29) is 41.0 Å². The summed E-state index contributed by atoms with van der Waals surface area (Å²) < 4.78 is 26.0. The van der Waals surface area contributed by atoms with Crippen LogP contribution < -0.4 is 9.47 Å². The number of carbonyl (C=O) groups is 2. The van der Waals surface area contributed by atoms with Crippen molar-refractivity contribution in [2.75, 3.05) is 28.2 Å². The van der Waals surface area contributed by atoms with Gasteiger partial charge in [0, 0.05) is 23.1 Å². The van der Waals surface area contributed by atoms with Crippen molar-refractivity contribution in [2.24, 2.45) is 11.8 Å². The largest absolute Gasteiger partial charge is 0.507 e. The van der Waals surface area contributed by atoms with Gasteiger partial charge in [0.15, 0.2) is 19.7 Å². The molecule has 0 amide bonds. The molecule has 12 heteroatoms. The standard InChI is InChI=1S/C44H52ClN3O7Si/c1-43(2,3)56(8,9)55-44-31(37(48(6)7)39-35(41(44)51)42(46-54-39)53-25-27-18-14-11-15-19-27)21-28-20-30-34(38(49)33(28)40(44)50)32(22-29(36(30)45)23-47(4)5)52-24-26-16-12-10-13-17-26/h10-19,22,28,31,37,49H,20-21,23-25H2,1-9H3/t28-,31-,37-,44-/m0/s1. The lowest BCUT2D eigenvalue weighted by molar-refractivity contribution is -0.140. The number of ether oxygens (including phenoxy) is 2. The van der Waals surface area contributed by atoms with Crippen molar-refractivity contribution in [2.45, 2.75) is 83.1 Å². The maximum atomic E-state index is 15.8. The molecule has 4 atom stereocenters. The second-order valence-electron chi connectivity index (χ2n) is 17.4. The number of hydrogen-bond donors (Lipinski definition) is 1. The highest BCUT2D eigenvalue weighted by Crippen LogP contribution is 2.59. The summed E-state index contributed by atoms with van der Waals surface area (Å²) >= 11 is 7.22. The van der Waals surface area contributed by atoms with Crippen LogP contribution in [0.4, 0.5) is 0 Å². The fraction of sp³-hybridized carbons (Fsp3) is 0.432. The maximum absolute atomic E-state index is 15.8. The van der Waals surface area contributed by atoms with Gasteiger partial charge in [0.25, 0.3) is 5.88 Å². The molecule has 1 saturated carbocycles. The number of ketones is 2. The first-order chi connectivity index (χ1) is 26.5. The van der Waals surface area contributed by atoms with E-state index in [9.17, 15) is 5.11 Å². The lowest BCUT2D eigenvalue weighted by Crippen LogP contribution is -2.68. The van der Waals surface area contributed by atoms with Crippen LogP contribution in [0.2, 0.25) is 23.2 Å². The second-order valence-corrected chi connectivity index (χ2v) is 22.5. The summed E-state index contributed by atoms with van der Waals surface area (Å²) in [5.41, 5.74) is 2.02. The summed E-state index contributed by atoms with van der Waals surface area (Å²) in [4.78, 5) is 35.3. The van der Waals surface area contributed by atoms with E-state index in [1.54, 1.807) is 0 Å². The van der Waals surface area contributed by atoms with Crippen LogP contribution in [0.3, 0.4) is 0 Å². The molecule has 3 aromatic carbocycles. The first-order valence-electron chi connectivity index (χ1n) is 19.2. The van der Waals surface area contributed by atoms with Gasteiger partial charge in [0.1, 0.15) is 30.3 Å².